The zero-order valence-corrected chi connectivity index (χ0v) is 11.0. The number of halogens is 1. The van der Waals surface area contributed by atoms with Crippen LogP contribution in [0.4, 0.5) is 0 Å². The Morgan fingerprint density at radius 1 is 1.11 bits per heavy atom. The first-order valence-corrected chi connectivity index (χ1v) is 6.24. The monoisotopic (exact) mass is 256 g/mol. The van der Waals surface area contributed by atoms with Crippen LogP contribution < -0.4 is 0 Å². The van der Waals surface area contributed by atoms with E-state index >= 15 is 0 Å². The maximum atomic E-state index is 6.08. The highest BCUT2D eigenvalue weighted by Crippen LogP contribution is 2.31. The molecule has 2 nitrogen and oxygen atoms in total. The number of hydrogen-bond donors (Lipinski definition) is 1. The minimum atomic E-state index is 0.801. The Hall–Kier alpha value is -1.80. The number of pyridine rings is 1. The van der Waals surface area contributed by atoms with Gasteiger partial charge in [0.15, 0.2) is 0 Å². The molecule has 2 aromatic heterocycles. The van der Waals surface area contributed by atoms with E-state index in [1.165, 1.54) is 22.1 Å². The molecule has 18 heavy (non-hydrogen) atoms. The van der Waals surface area contributed by atoms with Crippen LogP contribution >= 0.6 is 11.6 Å². The molecule has 0 saturated heterocycles. The van der Waals surface area contributed by atoms with Crippen molar-refractivity contribution in [1.82, 2.24) is 9.97 Å². The molecule has 1 aromatic carbocycles. The molecular formula is C15H13ClN2. The van der Waals surface area contributed by atoms with Gasteiger partial charge in [0, 0.05) is 22.8 Å². The number of nitrogens with zero attached hydrogens (tertiary/aromatic N) is 1. The second-order valence-corrected chi connectivity index (χ2v) is 4.92. The molecule has 0 unspecified atom stereocenters. The number of fused-ring (bicyclic) bond motifs is 1. The summed E-state index contributed by atoms with van der Waals surface area (Å²) in [5.41, 5.74) is 5.59. The molecule has 3 aromatic rings. The molecule has 2 heterocycles. The van der Waals surface area contributed by atoms with E-state index in [1.807, 2.05) is 31.5 Å². The van der Waals surface area contributed by atoms with Crippen LogP contribution in [0.1, 0.15) is 11.1 Å². The summed E-state index contributed by atoms with van der Waals surface area (Å²) in [6, 6.07) is 8.16. The second kappa shape index (κ2) is 4.14. The fourth-order valence-electron chi connectivity index (χ4n) is 2.27. The molecule has 0 spiro atoms. The van der Waals surface area contributed by atoms with Crippen LogP contribution in [0.5, 0.6) is 0 Å². The van der Waals surface area contributed by atoms with Gasteiger partial charge in [-0.2, -0.15) is 0 Å². The Morgan fingerprint density at radius 3 is 2.72 bits per heavy atom. The molecule has 0 atom stereocenters. The average Bonchev–Trinajstić information content (AvgIpc) is 2.75. The molecule has 0 aliphatic heterocycles. The van der Waals surface area contributed by atoms with Gasteiger partial charge in [0.2, 0.25) is 0 Å². The highest BCUT2D eigenvalue weighted by atomic mass is 35.5. The van der Waals surface area contributed by atoms with Gasteiger partial charge in [-0.1, -0.05) is 17.7 Å². The van der Waals surface area contributed by atoms with E-state index in [1.54, 1.807) is 0 Å². The molecule has 0 aliphatic rings. The van der Waals surface area contributed by atoms with Gasteiger partial charge in [-0.05, 0) is 54.3 Å². The third-order valence-corrected chi connectivity index (χ3v) is 3.66. The minimum Gasteiger partial charge on any atom is -0.346 e. The molecule has 0 saturated carbocycles. The van der Waals surface area contributed by atoms with Crippen LogP contribution in [0.3, 0.4) is 0 Å². The summed E-state index contributed by atoms with van der Waals surface area (Å²) >= 11 is 6.08. The number of aryl methyl sites for hydroxylation is 2. The molecule has 0 bridgehead atoms. The molecule has 0 aliphatic carbocycles. The van der Waals surface area contributed by atoms with Gasteiger partial charge in [0.1, 0.15) is 5.65 Å². The third-order valence-electron chi connectivity index (χ3n) is 3.24. The van der Waals surface area contributed by atoms with E-state index < -0.39 is 0 Å². The number of hydrogen-bond acceptors (Lipinski definition) is 1. The predicted molar refractivity (Wildman–Crippen MR) is 76.0 cm³/mol. The molecule has 0 radical (unpaired) electrons. The highest BCUT2D eigenvalue weighted by Gasteiger charge is 2.09. The molecule has 3 heteroatoms. The molecule has 1 N–H and O–H groups in total. The Balaban J connectivity index is 2.30. The standard InChI is InChI=1S/C15H13ClN2/c1-9-7-11(3-4-13(9)16)12-5-6-17-15-14(12)10(2)8-18-15/h3-8H,1-2H3,(H,17,18). The van der Waals surface area contributed by atoms with Gasteiger partial charge in [0.25, 0.3) is 0 Å². The van der Waals surface area contributed by atoms with Gasteiger partial charge >= 0.3 is 0 Å². The molecule has 0 fully saturated rings. The number of aromatic amines is 1. The zero-order chi connectivity index (χ0) is 12.7. The Kier molecular flexibility index (Phi) is 2.60. The quantitative estimate of drug-likeness (QED) is 0.682. The van der Waals surface area contributed by atoms with Gasteiger partial charge in [-0.3, -0.25) is 0 Å². The lowest BCUT2D eigenvalue weighted by Gasteiger charge is -2.06. The van der Waals surface area contributed by atoms with Gasteiger partial charge in [-0.25, -0.2) is 4.98 Å². The summed E-state index contributed by atoms with van der Waals surface area (Å²) in [6.45, 7) is 4.11. The van der Waals surface area contributed by atoms with Crippen LogP contribution in [0.2, 0.25) is 5.02 Å². The van der Waals surface area contributed by atoms with E-state index in [2.05, 4.69) is 29.0 Å². The maximum Gasteiger partial charge on any atom is 0.138 e. The van der Waals surface area contributed by atoms with Crippen molar-refractivity contribution in [3.05, 3.63) is 52.8 Å². The third kappa shape index (κ3) is 1.70. The number of aromatic nitrogens is 2. The van der Waals surface area contributed by atoms with Crippen LogP contribution in [-0.4, -0.2) is 9.97 Å². The number of nitrogens with one attached hydrogen (secondary N) is 1. The van der Waals surface area contributed by atoms with E-state index in [-0.39, 0.29) is 0 Å². The maximum absolute atomic E-state index is 6.08. The fraction of sp³-hybridized carbons (Fsp3) is 0.133. The van der Waals surface area contributed by atoms with Crippen LogP contribution in [0, 0.1) is 13.8 Å². The lowest BCUT2D eigenvalue weighted by Crippen LogP contribution is -1.85. The van der Waals surface area contributed by atoms with Crippen molar-refractivity contribution in [3.63, 3.8) is 0 Å². The van der Waals surface area contributed by atoms with Crippen molar-refractivity contribution in [2.45, 2.75) is 13.8 Å². The first kappa shape index (κ1) is 11.3. The first-order valence-electron chi connectivity index (χ1n) is 5.86. The number of H-pyrrole nitrogens is 1. The van der Waals surface area contributed by atoms with Gasteiger partial charge in [0.05, 0.1) is 0 Å². The molecule has 0 amide bonds. The van der Waals surface area contributed by atoms with E-state index in [0.717, 1.165) is 16.2 Å². The fourth-order valence-corrected chi connectivity index (χ4v) is 2.39. The summed E-state index contributed by atoms with van der Waals surface area (Å²) in [5.74, 6) is 0. The molecule has 3 rings (SSSR count). The van der Waals surface area contributed by atoms with Crippen molar-refractivity contribution in [1.29, 1.82) is 0 Å². The largest absolute Gasteiger partial charge is 0.346 e. The zero-order valence-electron chi connectivity index (χ0n) is 10.3. The van der Waals surface area contributed by atoms with Crippen molar-refractivity contribution in [2.75, 3.05) is 0 Å². The van der Waals surface area contributed by atoms with Crippen LogP contribution in [0.15, 0.2) is 36.7 Å². The van der Waals surface area contributed by atoms with Crippen molar-refractivity contribution < 1.29 is 0 Å². The van der Waals surface area contributed by atoms with Gasteiger partial charge in [-0.15, -0.1) is 0 Å². The smallest absolute Gasteiger partial charge is 0.138 e. The van der Waals surface area contributed by atoms with Crippen LogP contribution in [-0.2, 0) is 0 Å². The van der Waals surface area contributed by atoms with Crippen molar-refractivity contribution in [2.24, 2.45) is 0 Å². The summed E-state index contributed by atoms with van der Waals surface area (Å²) in [5, 5.41) is 1.98. The molecule has 90 valence electrons. The average molecular weight is 257 g/mol. The van der Waals surface area contributed by atoms with Gasteiger partial charge < -0.3 is 4.98 Å². The second-order valence-electron chi connectivity index (χ2n) is 4.52. The number of rotatable bonds is 1. The lowest BCUT2D eigenvalue weighted by molar-refractivity contribution is 1.32. The normalized spacial score (nSPS) is 11.1. The minimum absolute atomic E-state index is 0.801. The highest BCUT2D eigenvalue weighted by molar-refractivity contribution is 6.31. The van der Waals surface area contributed by atoms with E-state index in [4.69, 9.17) is 11.6 Å². The van der Waals surface area contributed by atoms with E-state index in [0.29, 0.717) is 0 Å². The van der Waals surface area contributed by atoms with Crippen molar-refractivity contribution in [3.8, 4) is 11.1 Å². The molecular weight excluding hydrogens is 244 g/mol. The summed E-state index contributed by atoms with van der Waals surface area (Å²) in [7, 11) is 0. The van der Waals surface area contributed by atoms with Crippen molar-refractivity contribution >= 4 is 22.6 Å². The first-order chi connectivity index (χ1) is 8.66. The Bertz CT molecular complexity index is 728. The lowest BCUT2D eigenvalue weighted by atomic mass is 10.0. The SMILES string of the molecule is Cc1cc(-c2ccnc3[nH]cc(C)c23)ccc1Cl. The summed E-state index contributed by atoms with van der Waals surface area (Å²) in [4.78, 5) is 7.53. The van der Waals surface area contributed by atoms with Crippen LogP contribution in [0.25, 0.3) is 22.2 Å². The number of benzene rings is 1. The Labute approximate surface area is 111 Å². The topological polar surface area (TPSA) is 28.7 Å². The summed E-state index contributed by atoms with van der Waals surface area (Å²) in [6.07, 6.45) is 3.82. The summed E-state index contributed by atoms with van der Waals surface area (Å²) < 4.78 is 0. The van der Waals surface area contributed by atoms with E-state index in [9.17, 15) is 0 Å². The Morgan fingerprint density at radius 2 is 1.94 bits per heavy atom. The predicted octanol–water partition coefficient (Wildman–Crippen LogP) is 4.50.